The Morgan fingerprint density at radius 2 is 1.96 bits per heavy atom. The van der Waals surface area contributed by atoms with E-state index in [1.165, 1.54) is 24.3 Å². The minimum Gasteiger partial charge on any atom is -0.387 e. The van der Waals surface area contributed by atoms with Crippen molar-refractivity contribution in [2.75, 3.05) is 12.6 Å². The van der Waals surface area contributed by atoms with Gasteiger partial charge in [-0.1, -0.05) is 23.7 Å². The fraction of sp³-hybridized carbons (Fsp3) is 0.353. The van der Waals surface area contributed by atoms with Crippen LogP contribution in [0.3, 0.4) is 0 Å². The standard InChI is InChI=1S/C17H18ClN5O5/c1-27-22-15-10-6-21-23(16(10)20-7-19-15)17-13(26)12(25)14(28-17)11(24)8-2-4-9(18)5-3-8/h2-7,11-14,17,24-26H,1H3,(H,19,20,22)/t11-,12+,13-,14-,17-/m1/s1. The van der Waals surface area contributed by atoms with Crippen LogP contribution >= 0.6 is 11.6 Å². The molecule has 11 heteroatoms. The lowest BCUT2D eigenvalue weighted by molar-refractivity contribution is -0.0884. The lowest BCUT2D eigenvalue weighted by Gasteiger charge is -2.21. The van der Waals surface area contributed by atoms with E-state index >= 15 is 0 Å². The van der Waals surface area contributed by atoms with E-state index in [1.54, 1.807) is 24.3 Å². The Labute approximate surface area is 164 Å². The number of nitrogens with one attached hydrogen (secondary N) is 1. The van der Waals surface area contributed by atoms with Gasteiger partial charge in [0.05, 0.1) is 18.7 Å². The van der Waals surface area contributed by atoms with Gasteiger partial charge >= 0.3 is 0 Å². The molecule has 10 nitrogen and oxygen atoms in total. The molecule has 28 heavy (non-hydrogen) atoms. The summed E-state index contributed by atoms with van der Waals surface area (Å²) in [5.74, 6) is 0.393. The van der Waals surface area contributed by atoms with Gasteiger partial charge < -0.3 is 20.1 Å². The summed E-state index contributed by atoms with van der Waals surface area (Å²) in [7, 11) is 1.45. The Hall–Kier alpha value is -2.34. The molecule has 5 atom stereocenters. The van der Waals surface area contributed by atoms with E-state index in [0.717, 1.165) is 0 Å². The summed E-state index contributed by atoms with van der Waals surface area (Å²) >= 11 is 5.87. The fourth-order valence-electron chi connectivity index (χ4n) is 3.22. The number of aromatic nitrogens is 4. The smallest absolute Gasteiger partial charge is 0.181 e. The molecule has 3 heterocycles. The van der Waals surface area contributed by atoms with E-state index in [4.69, 9.17) is 21.2 Å². The van der Waals surface area contributed by atoms with E-state index in [9.17, 15) is 15.3 Å². The molecule has 0 saturated carbocycles. The van der Waals surface area contributed by atoms with Gasteiger partial charge in [0, 0.05) is 5.02 Å². The van der Waals surface area contributed by atoms with E-state index in [0.29, 0.717) is 27.4 Å². The summed E-state index contributed by atoms with van der Waals surface area (Å²) in [5.41, 5.74) is 3.49. The third-order valence-corrected chi connectivity index (χ3v) is 4.88. The second-order valence-corrected chi connectivity index (χ2v) is 6.76. The third-order valence-electron chi connectivity index (χ3n) is 4.63. The highest BCUT2D eigenvalue weighted by Crippen LogP contribution is 2.37. The lowest BCUT2D eigenvalue weighted by Crippen LogP contribution is -2.35. The molecule has 0 unspecified atom stereocenters. The van der Waals surface area contributed by atoms with Gasteiger partial charge in [-0.05, 0) is 17.7 Å². The van der Waals surface area contributed by atoms with Crippen LogP contribution in [0.25, 0.3) is 11.0 Å². The molecule has 148 valence electrons. The molecule has 2 aromatic heterocycles. The Bertz CT molecular complexity index is 968. The average molecular weight is 408 g/mol. The van der Waals surface area contributed by atoms with Gasteiger partial charge in [0.1, 0.15) is 30.7 Å². The first-order valence-corrected chi connectivity index (χ1v) is 8.81. The minimum atomic E-state index is -1.34. The van der Waals surface area contributed by atoms with Gasteiger partial charge in [0.25, 0.3) is 0 Å². The highest BCUT2D eigenvalue weighted by atomic mass is 35.5. The number of hydrogen-bond acceptors (Lipinski definition) is 9. The largest absolute Gasteiger partial charge is 0.387 e. The van der Waals surface area contributed by atoms with Crippen molar-refractivity contribution in [2.24, 2.45) is 0 Å². The van der Waals surface area contributed by atoms with Gasteiger partial charge in [-0.15, -0.1) is 0 Å². The molecular weight excluding hydrogens is 390 g/mol. The molecular formula is C17H18ClN5O5. The molecule has 0 bridgehead atoms. The number of fused-ring (bicyclic) bond motifs is 1. The zero-order valence-electron chi connectivity index (χ0n) is 14.7. The van der Waals surface area contributed by atoms with Crippen molar-refractivity contribution in [1.29, 1.82) is 0 Å². The maximum atomic E-state index is 10.6. The first-order chi connectivity index (χ1) is 13.5. The third kappa shape index (κ3) is 3.20. The number of hydrogen-bond donors (Lipinski definition) is 4. The minimum absolute atomic E-state index is 0.368. The number of rotatable bonds is 5. The first-order valence-electron chi connectivity index (χ1n) is 8.43. The summed E-state index contributed by atoms with van der Waals surface area (Å²) in [6, 6.07) is 6.50. The quantitative estimate of drug-likeness (QED) is 0.453. The van der Waals surface area contributed by atoms with Crippen LogP contribution in [0.1, 0.15) is 17.9 Å². The number of halogens is 1. The Morgan fingerprint density at radius 1 is 1.21 bits per heavy atom. The van der Waals surface area contributed by atoms with E-state index in [2.05, 4.69) is 20.5 Å². The maximum Gasteiger partial charge on any atom is 0.181 e. The number of ether oxygens (including phenoxy) is 1. The van der Waals surface area contributed by atoms with Gasteiger partial charge in [-0.2, -0.15) is 5.10 Å². The SMILES string of the molecule is CONc1ncnc2c1cnn2[C@@H]1O[C@H]([C@H](O)c2ccc(Cl)cc2)[C@@H](O)[C@H]1O. The van der Waals surface area contributed by atoms with E-state index in [-0.39, 0.29) is 0 Å². The van der Waals surface area contributed by atoms with Crippen molar-refractivity contribution in [3.05, 3.63) is 47.4 Å². The summed E-state index contributed by atoms with van der Waals surface area (Å²) in [6.45, 7) is 0. The molecule has 4 N–H and O–H groups in total. The van der Waals surface area contributed by atoms with Crippen LogP contribution in [0.5, 0.6) is 0 Å². The molecule has 0 radical (unpaired) electrons. The monoisotopic (exact) mass is 407 g/mol. The molecule has 1 fully saturated rings. The Morgan fingerprint density at radius 3 is 2.68 bits per heavy atom. The number of nitrogens with zero attached hydrogens (tertiary/aromatic N) is 4. The molecule has 1 aromatic carbocycles. The molecule has 4 rings (SSSR count). The van der Waals surface area contributed by atoms with Crippen molar-refractivity contribution in [1.82, 2.24) is 19.7 Å². The van der Waals surface area contributed by atoms with Crippen LogP contribution in [0.15, 0.2) is 36.8 Å². The molecule has 0 amide bonds. The Balaban J connectivity index is 1.64. The fourth-order valence-corrected chi connectivity index (χ4v) is 3.35. The molecule has 1 aliphatic rings. The normalized spacial score (nSPS) is 25.9. The lowest BCUT2D eigenvalue weighted by atomic mass is 9.99. The van der Waals surface area contributed by atoms with Crippen LogP contribution in [0.2, 0.25) is 5.02 Å². The number of anilines is 1. The summed E-state index contributed by atoms with van der Waals surface area (Å²) in [5, 5.41) is 36.9. The highest BCUT2D eigenvalue weighted by molar-refractivity contribution is 6.30. The average Bonchev–Trinajstić information content (AvgIpc) is 3.25. The molecule has 0 aliphatic carbocycles. The second kappa shape index (κ2) is 7.59. The number of benzene rings is 1. The van der Waals surface area contributed by atoms with Crippen molar-refractivity contribution in [2.45, 2.75) is 30.6 Å². The van der Waals surface area contributed by atoms with E-state index < -0.39 is 30.6 Å². The molecule has 0 spiro atoms. The van der Waals surface area contributed by atoms with Gasteiger partial charge in [-0.25, -0.2) is 20.1 Å². The van der Waals surface area contributed by atoms with Crippen molar-refractivity contribution >= 4 is 28.5 Å². The molecule has 1 saturated heterocycles. The summed E-state index contributed by atoms with van der Waals surface area (Å²) in [4.78, 5) is 13.1. The second-order valence-electron chi connectivity index (χ2n) is 6.32. The maximum absolute atomic E-state index is 10.6. The molecule has 3 aromatic rings. The highest BCUT2D eigenvalue weighted by Gasteiger charge is 2.48. The van der Waals surface area contributed by atoms with Crippen LogP contribution < -0.4 is 5.48 Å². The van der Waals surface area contributed by atoms with Gasteiger partial charge in [0.15, 0.2) is 17.7 Å². The van der Waals surface area contributed by atoms with Crippen molar-refractivity contribution in [3.63, 3.8) is 0 Å². The van der Waals surface area contributed by atoms with Crippen molar-refractivity contribution in [3.8, 4) is 0 Å². The van der Waals surface area contributed by atoms with Gasteiger partial charge in [-0.3, -0.25) is 4.84 Å². The van der Waals surface area contributed by atoms with E-state index in [1.807, 2.05) is 0 Å². The van der Waals surface area contributed by atoms with Crippen LogP contribution in [0, 0.1) is 0 Å². The zero-order valence-corrected chi connectivity index (χ0v) is 15.4. The van der Waals surface area contributed by atoms with Crippen molar-refractivity contribution < 1.29 is 24.9 Å². The van der Waals surface area contributed by atoms with Crippen LogP contribution in [0.4, 0.5) is 5.82 Å². The molecule has 1 aliphatic heterocycles. The predicted molar refractivity (Wildman–Crippen MR) is 98.3 cm³/mol. The summed E-state index contributed by atoms with van der Waals surface area (Å²) < 4.78 is 7.12. The summed E-state index contributed by atoms with van der Waals surface area (Å²) in [6.07, 6.45) is -3.17. The Kier molecular flexibility index (Phi) is 5.15. The topological polar surface area (TPSA) is 135 Å². The van der Waals surface area contributed by atoms with Crippen LogP contribution in [-0.2, 0) is 9.57 Å². The van der Waals surface area contributed by atoms with Crippen LogP contribution in [-0.4, -0.2) is 60.5 Å². The number of aliphatic hydroxyl groups excluding tert-OH is 3. The van der Waals surface area contributed by atoms with Gasteiger partial charge in [0.2, 0.25) is 0 Å². The predicted octanol–water partition coefficient (Wildman–Crippen LogP) is 0.806. The first kappa shape index (κ1) is 19.0. The zero-order chi connectivity index (χ0) is 19.8. The number of aliphatic hydroxyl groups is 3.